The lowest BCUT2D eigenvalue weighted by Gasteiger charge is -2.32. The van der Waals surface area contributed by atoms with Crippen molar-refractivity contribution in [2.75, 3.05) is 25.2 Å². The zero-order valence-electron chi connectivity index (χ0n) is 22.0. The quantitative estimate of drug-likeness (QED) is 0.405. The highest BCUT2D eigenvalue weighted by Gasteiger charge is 2.32. The lowest BCUT2D eigenvalue weighted by atomic mass is 10.1. The van der Waals surface area contributed by atoms with Crippen LogP contribution in [0.1, 0.15) is 31.7 Å². The summed E-state index contributed by atoms with van der Waals surface area (Å²) in [6.07, 6.45) is 2.54. The van der Waals surface area contributed by atoms with Gasteiger partial charge in [0.25, 0.3) is 0 Å². The first-order valence-electron chi connectivity index (χ1n) is 13.0. The summed E-state index contributed by atoms with van der Waals surface area (Å²) in [7, 11) is -7.97. The van der Waals surface area contributed by atoms with Crippen LogP contribution in [0.15, 0.2) is 82.6 Å². The van der Waals surface area contributed by atoms with Crippen molar-refractivity contribution in [3.8, 4) is 11.5 Å². The van der Waals surface area contributed by atoms with Crippen LogP contribution in [0.2, 0.25) is 0 Å². The van der Waals surface area contributed by atoms with Gasteiger partial charge in [-0.2, -0.15) is 8.61 Å². The van der Waals surface area contributed by atoms with Gasteiger partial charge in [0.15, 0.2) is 11.5 Å². The van der Waals surface area contributed by atoms with E-state index in [4.69, 9.17) is 9.47 Å². The number of hydrogen-bond acceptors (Lipinski definition) is 7. The van der Waals surface area contributed by atoms with Crippen molar-refractivity contribution in [1.82, 2.24) is 8.61 Å². The van der Waals surface area contributed by atoms with Crippen molar-refractivity contribution in [2.45, 2.75) is 48.6 Å². The molecule has 2 heterocycles. The Balaban J connectivity index is 1.41. The fraction of sp³-hybridized carbons (Fsp3) is 0.321. The summed E-state index contributed by atoms with van der Waals surface area (Å²) in [6, 6.07) is 18.9. The van der Waals surface area contributed by atoms with E-state index in [1.165, 1.54) is 28.6 Å². The van der Waals surface area contributed by atoms with Crippen molar-refractivity contribution in [3.05, 3.63) is 78.4 Å². The Morgan fingerprint density at radius 1 is 0.925 bits per heavy atom. The minimum absolute atomic E-state index is 0.0318. The second kappa shape index (κ2) is 11.6. The fourth-order valence-corrected chi connectivity index (χ4v) is 7.93. The summed E-state index contributed by atoms with van der Waals surface area (Å²) in [5, 5.41) is 2.72. The molecule has 10 nitrogen and oxygen atoms in total. The van der Waals surface area contributed by atoms with Gasteiger partial charge in [-0.3, -0.25) is 4.79 Å². The molecular weight excluding hydrogens is 554 g/mol. The molecule has 5 rings (SSSR count). The van der Waals surface area contributed by atoms with Gasteiger partial charge in [0.2, 0.25) is 32.7 Å². The molecule has 0 spiro atoms. The average molecular weight is 586 g/mol. The van der Waals surface area contributed by atoms with E-state index in [9.17, 15) is 21.6 Å². The maximum atomic E-state index is 13.8. The molecule has 0 aliphatic carbocycles. The third-order valence-electron chi connectivity index (χ3n) is 6.98. The van der Waals surface area contributed by atoms with Gasteiger partial charge in [0, 0.05) is 24.8 Å². The molecule has 12 heteroatoms. The van der Waals surface area contributed by atoms with Gasteiger partial charge in [-0.15, -0.1) is 0 Å². The van der Waals surface area contributed by atoms with E-state index in [0.29, 0.717) is 29.3 Å². The van der Waals surface area contributed by atoms with Crippen LogP contribution in [-0.4, -0.2) is 57.3 Å². The van der Waals surface area contributed by atoms with Gasteiger partial charge in [0.1, 0.15) is 0 Å². The van der Waals surface area contributed by atoms with Gasteiger partial charge in [0.05, 0.1) is 16.3 Å². The molecule has 2 aliphatic heterocycles. The Hall–Kier alpha value is -3.45. The first-order chi connectivity index (χ1) is 19.1. The molecule has 3 aromatic carbocycles. The number of amides is 1. The number of piperidine rings is 1. The number of nitrogens with zero attached hydrogens (tertiary/aromatic N) is 2. The number of rotatable bonds is 9. The number of ether oxygens (including phenoxy) is 2. The van der Waals surface area contributed by atoms with Crippen molar-refractivity contribution < 1.29 is 31.1 Å². The van der Waals surface area contributed by atoms with Gasteiger partial charge in [-0.25, -0.2) is 16.8 Å². The Kier molecular flexibility index (Phi) is 8.13. The van der Waals surface area contributed by atoms with E-state index < -0.39 is 32.5 Å². The summed E-state index contributed by atoms with van der Waals surface area (Å²) >= 11 is 0. The zero-order chi connectivity index (χ0) is 28.3. The molecule has 0 aromatic heterocycles. The number of hydrogen-bond donors (Lipinski definition) is 1. The van der Waals surface area contributed by atoms with Crippen molar-refractivity contribution >= 4 is 31.6 Å². The number of para-hydroxylation sites is 1. The predicted octanol–water partition coefficient (Wildman–Crippen LogP) is 3.81. The summed E-state index contributed by atoms with van der Waals surface area (Å²) in [6.45, 7) is 1.81. The topological polar surface area (TPSA) is 122 Å². The third kappa shape index (κ3) is 5.99. The third-order valence-corrected chi connectivity index (χ3v) is 10.8. The van der Waals surface area contributed by atoms with Crippen molar-refractivity contribution in [2.24, 2.45) is 0 Å². The van der Waals surface area contributed by atoms with Crippen LogP contribution in [0.3, 0.4) is 0 Å². The molecule has 1 N–H and O–H groups in total. The van der Waals surface area contributed by atoms with E-state index in [-0.39, 0.29) is 29.2 Å². The highest BCUT2D eigenvalue weighted by molar-refractivity contribution is 7.89. The van der Waals surface area contributed by atoms with E-state index in [1.807, 2.05) is 13.0 Å². The Morgan fingerprint density at radius 3 is 2.35 bits per heavy atom. The van der Waals surface area contributed by atoms with Gasteiger partial charge in [-0.1, -0.05) is 30.7 Å². The molecule has 0 saturated carbocycles. The second-order valence-electron chi connectivity index (χ2n) is 9.81. The van der Waals surface area contributed by atoms with Crippen LogP contribution < -0.4 is 14.8 Å². The number of carbonyl (C=O) groups is 1. The molecule has 3 aromatic rings. The van der Waals surface area contributed by atoms with Crippen molar-refractivity contribution in [1.29, 1.82) is 0 Å². The Bertz CT molecular complexity index is 1580. The number of fused-ring (bicyclic) bond motifs is 1. The summed E-state index contributed by atoms with van der Waals surface area (Å²) in [4.78, 5) is 12.8. The number of carbonyl (C=O) groups excluding carboxylic acids is 1. The van der Waals surface area contributed by atoms with Crippen LogP contribution in [0.5, 0.6) is 11.5 Å². The molecule has 1 atom stereocenters. The van der Waals surface area contributed by atoms with Gasteiger partial charge < -0.3 is 14.8 Å². The largest absolute Gasteiger partial charge is 0.454 e. The molecule has 40 heavy (non-hydrogen) atoms. The predicted molar refractivity (Wildman–Crippen MR) is 149 cm³/mol. The normalized spacial score (nSPS) is 17.6. The summed E-state index contributed by atoms with van der Waals surface area (Å²) in [5.41, 5.74) is 1.13. The van der Waals surface area contributed by atoms with Crippen LogP contribution in [0.4, 0.5) is 5.69 Å². The number of benzene rings is 3. The summed E-state index contributed by atoms with van der Waals surface area (Å²) in [5.74, 6) is 0.527. The number of anilines is 1. The van der Waals surface area contributed by atoms with Gasteiger partial charge >= 0.3 is 0 Å². The molecule has 212 valence electrons. The highest BCUT2D eigenvalue weighted by Crippen LogP contribution is 2.33. The minimum Gasteiger partial charge on any atom is -0.454 e. The molecule has 1 amide bonds. The smallest absolute Gasteiger partial charge is 0.243 e. The summed E-state index contributed by atoms with van der Waals surface area (Å²) < 4.78 is 67.4. The zero-order valence-corrected chi connectivity index (χ0v) is 23.7. The molecule has 2 aliphatic rings. The van der Waals surface area contributed by atoms with E-state index in [2.05, 4.69) is 5.32 Å². The van der Waals surface area contributed by atoms with Crippen LogP contribution in [-0.2, 0) is 31.4 Å². The lowest BCUT2D eigenvalue weighted by Crippen LogP contribution is -2.41. The fourth-order valence-electron chi connectivity index (χ4n) is 4.85. The van der Waals surface area contributed by atoms with E-state index in [1.54, 1.807) is 42.5 Å². The lowest BCUT2D eigenvalue weighted by molar-refractivity contribution is -0.116. The van der Waals surface area contributed by atoms with Crippen LogP contribution in [0.25, 0.3) is 0 Å². The van der Waals surface area contributed by atoms with Gasteiger partial charge in [-0.05, 0) is 73.9 Å². The average Bonchev–Trinajstić information content (AvgIpc) is 3.41. The van der Waals surface area contributed by atoms with Crippen LogP contribution in [0, 0.1) is 0 Å². The SMILES string of the molecule is CC1CCCCN1S(=O)(=O)c1ccc(S(=O)(=O)N(CC(=O)Nc2ccccc2)Cc2ccc3c(c2)OCO3)cc1. The standard InChI is InChI=1S/C28H31N3O7S2/c1-21-7-5-6-16-31(21)40(35,36)25-13-11-24(12-14-25)39(33,34)30(19-28(32)29-23-8-3-2-4-9-23)18-22-10-15-26-27(17-22)38-20-37-26/h2-4,8-15,17,21H,5-7,16,18-20H2,1H3,(H,29,32). The first kappa shape index (κ1) is 28.1. The van der Waals surface area contributed by atoms with Crippen LogP contribution >= 0.6 is 0 Å². The highest BCUT2D eigenvalue weighted by atomic mass is 32.2. The maximum absolute atomic E-state index is 13.8. The second-order valence-corrected chi connectivity index (χ2v) is 13.6. The molecule has 0 radical (unpaired) electrons. The monoisotopic (exact) mass is 585 g/mol. The van der Waals surface area contributed by atoms with Crippen molar-refractivity contribution in [3.63, 3.8) is 0 Å². The molecule has 1 saturated heterocycles. The van der Waals surface area contributed by atoms with E-state index >= 15 is 0 Å². The van der Waals surface area contributed by atoms with E-state index in [0.717, 1.165) is 23.6 Å². The number of sulfonamides is 2. The molecule has 1 unspecified atom stereocenters. The molecule has 0 bridgehead atoms. The maximum Gasteiger partial charge on any atom is 0.243 e. The Labute approximate surface area is 234 Å². The first-order valence-corrected chi connectivity index (χ1v) is 15.9. The molecule has 1 fully saturated rings. The molecular formula is C28H31N3O7S2. The Morgan fingerprint density at radius 2 is 1.62 bits per heavy atom. The number of nitrogens with one attached hydrogen (secondary N) is 1. The minimum atomic E-state index is -4.21.